The van der Waals surface area contributed by atoms with Crippen LogP contribution in [0.1, 0.15) is 6.42 Å². The molecule has 1 aromatic carbocycles. The monoisotopic (exact) mass is 293 g/mol. The van der Waals surface area contributed by atoms with Gasteiger partial charge in [-0.2, -0.15) is 0 Å². The lowest BCUT2D eigenvalue weighted by Crippen LogP contribution is -2.40. The molecule has 114 valence electrons. The Kier molecular flexibility index (Phi) is 5.53. The molecule has 3 N–H and O–H groups in total. The third-order valence-corrected chi connectivity index (χ3v) is 3.02. The smallest absolute Gasteiger partial charge is 0.411 e. The molecule has 0 spiro atoms. The fraction of sp³-hybridized carbons (Fsp3) is 0.429. The molecule has 0 bridgehead atoms. The van der Waals surface area contributed by atoms with Crippen molar-refractivity contribution in [1.82, 2.24) is 5.32 Å². The molecule has 1 heterocycles. The normalized spacial score (nSPS) is 17.9. The van der Waals surface area contributed by atoms with Gasteiger partial charge in [0.2, 0.25) is 5.91 Å². The maximum atomic E-state index is 11.9. The van der Waals surface area contributed by atoms with Crippen LogP contribution in [0.4, 0.5) is 16.2 Å². The number of ether oxygens (including phenoxy) is 2. The summed E-state index contributed by atoms with van der Waals surface area (Å²) in [4.78, 5) is 22.9. The molecule has 1 fully saturated rings. The largest absolute Gasteiger partial charge is 0.453 e. The number of nitrogens with one attached hydrogen (secondary N) is 3. The second-order valence-corrected chi connectivity index (χ2v) is 4.64. The Morgan fingerprint density at radius 3 is 2.52 bits per heavy atom. The van der Waals surface area contributed by atoms with E-state index in [1.165, 1.54) is 7.11 Å². The molecule has 0 aliphatic carbocycles. The van der Waals surface area contributed by atoms with Gasteiger partial charge in [0, 0.05) is 24.5 Å². The molecule has 7 heteroatoms. The molecule has 1 atom stereocenters. The molecule has 1 aliphatic heterocycles. The van der Waals surface area contributed by atoms with Crippen molar-refractivity contribution in [3.05, 3.63) is 24.3 Å². The number of hydrogen-bond acceptors (Lipinski definition) is 5. The minimum absolute atomic E-state index is 0.0842. The van der Waals surface area contributed by atoms with Crippen molar-refractivity contribution < 1.29 is 19.1 Å². The average molecular weight is 293 g/mol. The number of carbonyl (C=O) groups is 2. The van der Waals surface area contributed by atoms with Crippen molar-refractivity contribution in [3.63, 3.8) is 0 Å². The lowest BCUT2D eigenvalue weighted by molar-refractivity contribution is -0.119. The predicted octanol–water partition coefficient (Wildman–Crippen LogP) is 1.18. The summed E-state index contributed by atoms with van der Waals surface area (Å²) in [6, 6.07) is 6.79. The van der Waals surface area contributed by atoms with Gasteiger partial charge in [-0.1, -0.05) is 0 Å². The van der Waals surface area contributed by atoms with E-state index in [1.807, 2.05) is 0 Å². The van der Waals surface area contributed by atoms with Crippen LogP contribution in [-0.2, 0) is 14.3 Å². The molecule has 1 saturated heterocycles. The van der Waals surface area contributed by atoms with Crippen molar-refractivity contribution in [2.24, 2.45) is 0 Å². The second kappa shape index (κ2) is 7.61. The van der Waals surface area contributed by atoms with Crippen LogP contribution in [0.25, 0.3) is 0 Å². The SMILES string of the molecule is COC(=O)Nc1ccc(NC(=O)CC2CNCCO2)cc1. The molecule has 7 nitrogen and oxygen atoms in total. The number of benzene rings is 1. The maximum Gasteiger partial charge on any atom is 0.411 e. The summed E-state index contributed by atoms with van der Waals surface area (Å²) in [6.45, 7) is 2.15. The van der Waals surface area contributed by atoms with Gasteiger partial charge in [-0.15, -0.1) is 0 Å². The molecule has 0 aromatic heterocycles. The van der Waals surface area contributed by atoms with Gasteiger partial charge in [0.1, 0.15) is 0 Å². The van der Waals surface area contributed by atoms with Crippen LogP contribution in [0.2, 0.25) is 0 Å². The Balaban J connectivity index is 1.81. The Bertz CT molecular complexity index is 483. The highest BCUT2D eigenvalue weighted by atomic mass is 16.5. The Morgan fingerprint density at radius 1 is 1.29 bits per heavy atom. The minimum atomic E-state index is -0.534. The second-order valence-electron chi connectivity index (χ2n) is 4.64. The number of anilines is 2. The summed E-state index contributed by atoms with van der Waals surface area (Å²) in [5, 5.41) is 8.51. The zero-order chi connectivity index (χ0) is 15.1. The van der Waals surface area contributed by atoms with E-state index in [1.54, 1.807) is 24.3 Å². The highest BCUT2D eigenvalue weighted by Gasteiger charge is 2.17. The van der Waals surface area contributed by atoms with Crippen LogP contribution in [0.15, 0.2) is 24.3 Å². The van der Waals surface area contributed by atoms with Gasteiger partial charge in [-0.25, -0.2) is 4.79 Å². The number of carbonyl (C=O) groups excluding carboxylic acids is 2. The first-order valence-electron chi connectivity index (χ1n) is 6.74. The molecule has 0 radical (unpaired) electrons. The lowest BCUT2D eigenvalue weighted by atomic mass is 10.2. The Labute approximate surface area is 123 Å². The fourth-order valence-corrected chi connectivity index (χ4v) is 1.98. The van der Waals surface area contributed by atoms with Crippen LogP contribution in [-0.4, -0.2) is 44.9 Å². The van der Waals surface area contributed by atoms with E-state index >= 15 is 0 Å². The Morgan fingerprint density at radius 2 is 1.95 bits per heavy atom. The number of morpholine rings is 1. The van der Waals surface area contributed by atoms with Gasteiger partial charge < -0.3 is 20.1 Å². The van der Waals surface area contributed by atoms with Gasteiger partial charge in [0.25, 0.3) is 0 Å². The van der Waals surface area contributed by atoms with Crippen LogP contribution >= 0.6 is 0 Å². The van der Waals surface area contributed by atoms with E-state index in [2.05, 4.69) is 20.7 Å². The van der Waals surface area contributed by atoms with E-state index in [0.717, 1.165) is 6.54 Å². The molecule has 2 rings (SSSR count). The standard InChI is InChI=1S/C14H19N3O4/c1-20-14(19)17-11-4-2-10(3-5-11)16-13(18)8-12-9-15-6-7-21-12/h2-5,12,15H,6-9H2,1H3,(H,16,18)(H,17,19). The maximum absolute atomic E-state index is 11.9. The van der Waals surface area contributed by atoms with Gasteiger partial charge in [0.15, 0.2) is 0 Å². The van der Waals surface area contributed by atoms with Crippen LogP contribution in [0.5, 0.6) is 0 Å². The van der Waals surface area contributed by atoms with Gasteiger partial charge in [0.05, 0.1) is 26.2 Å². The van der Waals surface area contributed by atoms with Crippen molar-refractivity contribution in [2.45, 2.75) is 12.5 Å². The van der Waals surface area contributed by atoms with Crippen molar-refractivity contribution >= 4 is 23.4 Å². The average Bonchev–Trinajstić information content (AvgIpc) is 2.50. The molecular weight excluding hydrogens is 274 g/mol. The van der Waals surface area contributed by atoms with Gasteiger partial charge in [-0.05, 0) is 24.3 Å². The zero-order valence-corrected chi connectivity index (χ0v) is 11.8. The summed E-state index contributed by atoms with van der Waals surface area (Å²) in [7, 11) is 1.30. The Hall–Kier alpha value is -2.12. The molecular formula is C14H19N3O4. The van der Waals surface area contributed by atoms with E-state index < -0.39 is 6.09 Å². The molecule has 1 unspecified atom stereocenters. The fourth-order valence-electron chi connectivity index (χ4n) is 1.98. The van der Waals surface area contributed by atoms with E-state index in [4.69, 9.17) is 4.74 Å². The number of rotatable bonds is 4. The lowest BCUT2D eigenvalue weighted by Gasteiger charge is -2.23. The summed E-state index contributed by atoms with van der Waals surface area (Å²) >= 11 is 0. The van der Waals surface area contributed by atoms with Crippen molar-refractivity contribution in [3.8, 4) is 0 Å². The topological polar surface area (TPSA) is 88.7 Å². The molecule has 21 heavy (non-hydrogen) atoms. The highest BCUT2D eigenvalue weighted by Crippen LogP contribution is 2.14. The molecule has 1 aliphatic rings. The van der Waals surface area contributed by atoms with Gasteiger partial charge >= 0.3 is 6.09 Å². The van der Waals surface area contributed by atoms with Crippen LogP contribution < -0.4 is 16.0 Å². The van der Waals surface area contributed by atoms with Crippen molar-refractivity contribution in [1.29, 1.82) is 0 Å². The third-order valence-electron chi connectivity index (χ3n) is 3.02. The first-order chi connectivity index (χ1) is 10.2. The third kappa shape index (κ3) is 5.05. The van der Waals surface area contributed by atoms with Crippen LogP contribution in [0, 0.1) is 0 Å². The van der Waals surface area contributed by atoms with Gasteiger partial charge in [-0.3, -0.25) is 10.1 Å². The number of amides is 2. The van der Waals surface area contributed by atoms with E-state index in [0.29, 0.717) is 30.9 Å². The zero-order valence-electron chi connectivity index (χ0n) is 11.8. The number of methoxy groups -OCH3 is 1. The van der Waals surface area contributed by atoms with Crippen LogP contribution in [0.3, 0.4) is 0 Å². The molecule has 1 aromatic rings. The molecule has 2 amide bonds. The minimum Gasteiger partial charge on any atom is -0.453 e. The van der Waals surface area contributed by atoms with E-state index in [9.17, 15) is 9.59 Å². The summed E-state index contributed by atoms with van der Waals surface area (Å²) in [5.41, 5.74) is 1.26. The quantitative estimate of drug-likeness (QED) is 0.776. The highest BCUT2D eigenvalue weighted by molar-refractivity contribution is 5.91. The number of hydrogen-bond donors (Lipinski definition) is 3. The summed E-state index contributed by atoms with van der Waals surface area (Å²) in [5.74, 6) is -0.0997. The predicted molar refractivity (Wildman–Crippen MR) is 78.3 cm³/mol. The summed E-state index contributed by atoms with van der Waals surface area (Å²) in [6.07, 6.45) is -0.303. The molecule has 0 saturated carbocycles. The summed E-state index contributed by atoms with van der Waals surface area (Å²) < 4.78 is 9.97. The van der Waals surface area contributed by atoms with Crippen molar-refractivity contribution in [2.75, 3.05) is 37.4 Å². The van der Waals surface area contributed by atoms with E-state index in [-0.39, 0.29) is 12.0 Å². The first-order valence-corrected chi connectivity index (χ1v) is 6.74. The first kappa shape index (κ1) is 15.3.